The molecule has 0 heterocycles. The summed E-state index contributed by atoms with van der Waals surface area (Å²) in [6, 6.07) is 15.6. The predicted molar refractivity (Wildman–Crippen MR) is 108 cm³/mol. The zero-order valence-corrected chi connectivity index (χ0v) is 16.3. The molecular formula is C22H27NO4. The molecule has 0 radical (unpaired) electrons. The quantitative estimate of drug-likeness (QED) is 0.592. The fourth-order valence-electron chi connectivity index (χ4n) is 2.33. The van der Waals surface area contributed by atoms with E-state index in [0.717, 1.165) is 22.4 Å². The van der Waals surface area contributed by atoms with Crippen molar-refractivity contribution in [2.24, 2.45) is 0 Å². The fraction of sp³-hybridized carbons (Fsp3) is 0.318. The first-order valence-corrected chi connectivity index (χ1v) is 8.81. The first-order chi connectivity index (χ1) is 12.8. The Labute approximate surface area is 160 Å². The molecule has 0 aliphatic rings. The minimum absolute atomic E-state index is 0.277. The smallest absolute Gasteiger partial charge is 0.414 e. The Morgan fingerprint density at radius 1 is 1.00 bits per heavy atom. The van der Waals surface area contributed by atoms with Crippen LogP contribution in [0.15, 0.2) is 48.5 Å². The molecule has 0 bridgehead atoms. The van der Waals surface area contributed by atoms with Gasteiger partial charge >= 0.3 is 6.09 Å². The maximum atomic E-state index is 12.1. The molecule has 144 valence electrons. The van der Waals surface area contributed by atoms with Gasteiger partial charge in [-0.2, -0.15) is 0 Å². The van der Waals surface area contributed by atoms with Gasteiger partial charge in [0.15, 0.2) is 0 Å². The normalized spacial score (nSPS) is 11.6. The predicted octanol–water partition coefficient (Wildman–Crippen LogP) is 4.69. The van der Waals surface area contributed by atoms with Gasteiger partial charge < -0.3 is 14.6 Å². The molecule has 1 N–H and O–H groups in total. The average Bonchev–Trinajstić information content (AvgIpc) is 2.64. The first-order valence-electron chi connectivity index (χ1n) is 8.81. The molecule has 2 aromatic rings. The lowest BCUT2D eigenvalue weighted by molar-refractivity contribution is -0.0112. The number of carbonyl (C=O) groups excluding carboxylic acids is 1. The summed E-state index contributed by atoms with van der Waals surface area (Å²) in [4.78, 5) is 13.6. The van der Waals surface area contributed by atoms with Crippen molar-refractivity contribution in [2.75, 3.05) is 18.7 Å². The third kappa shape index (κ3) is 6.89. The lowest BCUT2D eigenvalue weighted by Gasteiger charge is -2.24. The van der Waals surface area contributed by atoms with Gasteiger partial charge in [0.1, 0.15) is 12.4 Å². The Balaban J connectivity index is 1.98. The standard InChI is InChI=1S/C22H27NO4/c1-22(2,3)27-21(25)23(4)20-13-11-18(12-14-20)6-5-17-7-9-19(10-8-17)15-26-16-24/h5-14,24H,15-16H2,1-4H3/b6-5+. The van der Waals surface area contributed by atoms with E-state index in [1.54, 1.807) is 7.05 Å². The molecule has 2 rings (SSSR count). The number of rotatable bonds is 6. The van der Waals surface area contributed by atoms with Crippen molar-refractivity contribution >= 4 is 23.9 Å². The van der Waals surface area contributed by atoms with E-state index in [0.29, 0.717) is 6.61 Å². The van der Waals surface area contributed by atoms with Crippen molar-refractivity contribution in [3.05, 3.63) is 65.2 Å². The third-order valence-corrected chi connectivity index (χ3v) is 3.76. The van der Waals surface area contributed by atoms with Crippen LogP contribution in [0.1, 0.15) is 37.5 Å². The van der Waals surface area contributed by atoms with Crippen molar-refractivity contribution in [1.82, 2.24) is 0 Å². The molecular weight excluding hydrogens is 342 g/mol. The molecule has 0 fully saturated rings. The van der Waals surface area contributed by atoms with E-state index in [1.807, 2.05) is 81.5 Å². The molecule has 0 unspecified atom stereocenters. The Kier molecular flexibility index (Phi) is 7.16. The maximum Gasteiger partial charge on any atom is 0.414 e. The molecule has 5 heteroatoms. The zero-order valence-electron chi connectivity index (χ0n) is 16.3. The van der Waals surface area contributed by atoms with E-state index < -0.39 is 5.60 Å². The van der Waals surface area contributed by atoms with Crippen LogP contribution >= 0.6 is 0 Å². The van der Waals surface area contributed by atoms with E-state index in [2.05, 4.69) is 0 Å². The Morgan fingerprint density at radius 3 is 2.00 bits per heavy atom. The van der Waals surface area contributed by atoms with E-state index in [-0.39, 0.29) is 12.9 Å². The molecule has 5 nitrogen and oxygen atoms in total. The van der Waals surface area contributed by atoms with E-state index >= 15 is 0 Å². The summed E-state index contributed by atoms with van der Waals surface area (Å²) in [6.07, 6.45) is 3.65. The van der Waals surface area contributed by atoms with Crippen LogP contribution in [-0.4, -0.2) is 30.6 Å². The van der Waals surface area contributed by atoms with Gasteiger partial charge in [0, 0.05) is 12.7 Å². The van der Waals surface area contributed by atoms with Gasteiger partial charge in [0.25, 0.3) is 0 Å². The fourth-order valence-corrected chi connectivity index (χ4v) is 2.33. The molecule has 0 aromatic heterocycles. The summed E-state index contributed by atoms with van der Waals surface area (Å²) in [5.41, 5.74) is 3.36. The van der Waals surface area contributed by atoms with E-state index in [9.17, 15) is 4.79 Å². The second-order valence-corrected chi connectivity index (χ2v) is 7.18. The van der Waals surface area contributed by atoms with Gasteiger partial charge in [-0.25, -0.2) is 4.79 Å². The number of ether oxygens (including phenoxy) is 2. The molecule has 0 saturated heterocycles. The number of nitrogens with zero attached hydrogens (tertiary/aromatic N) is 1. The van der Waals surface area contributed by atoms with Crippen LogP contribution < -0.4 is 4.90 Å². The zero-order chi connectivity index (χ0) is 19.9. The number of benzene rings is 2. The summed E-state index contributed by atoms with van der Waals surface area (Å²) in [6.45, 7) is 5.66. The van der Waals surface area contributed by atoms with Crippen molar-refractivity contribution in [2.45, 2.75) is 33.0 Å². The van der Waals surface area contributed by atoms with Gasteiger partial charge in [-0.1, -0.05) is 48.6 Å². The van der Waals surface area contributed by atoms with Crippen LogP contribution in [0.25, 0.3) is 12.2 Å². The van der Waals surface area contributed by atoms with Crippen molar-refractivity contribution in [1.29, 1.82) is 0 Å². The summed E-state index contributed by atoms with van der Waals surface area (Å²) in [5.74, 6) is 0. The van der Waals surface area contributed by atoms with Crippen LogP contribution in [0.4, 0.5) is 10.5 Å². The highest BCUT2D eigenvalue weighted by molar-refractivity contribution is 5.87. The lowest BCUT2D eigenvalue weighted by Crippen LogP contribution is -2.34. The minimum Gasteiger partial charge on any atom is -0.443 e. The van der Waals surface area contributed by atoms with Crippen molar-refractivity contribution in [3.63, 3.8) is 0 Å². The second-order valence-electron chi connectivity index (χ2n) is 7.18. The van der Waals surface area contributed by atoms with Gasteiger partial charge in [0.05, 0.1) is 6.61 Å². The van der Waals surface area contributed by atoms with Crippen molar-refractivity contribution < 1.29 is 19.4 Å². The van der Waals surface area contributed by atoms with E-state index in [1.165, 1.54) is 4.90 Å². The van der Waals surface area contributed by atoms with Crippen LogP contribution in [0.2, 0.25) is 0 Å². The number of aliphatic hydroxyl groups is 1. The minimum atomic E-state index is -0.520. The third-order valence-electron chi connectivity index (χ3n) is 3.76. The molecule has 0 atom stereocenters. The SMILES string of the molecule is CN(C(=O)OC(C)(C)C)c1ccc(/C=C/c2ccc(COCO)cc2)cc1. The van der Waals surface area contributed by atoms with Gasteiger partial charge in [-0.05, 0) is 49.6 Å². The van der Waals surface area contributed by atoms with Crippen LogP contribution in [0, 0.1) is 0 Å². The number of carbonyl (C=O) groups is 1. The Hall–Kier alpha value is -2.63. The van der Waals surface area contributed by atoms with Gasteiger partial charge in [0.2, 0.25) is 0 Å². The molecule has 0 saturated carbocycles. The number of anilines is 1. The Morgan fingerprint density at radius 2 is 1.52 bits per heavy atom. The number of amides is 1. The van der Waals surface area contributed by atoms with Crippen LogP contribution in [-0.2, 0) is 16.1 Å². The first kappa shape index (κ1) is 20.7. The monoisotopic (exact) mass is 369 g/mol. The summed E-state index contributed by atoms with van der Waals surface area (Å²) in [7, 11) is 1.70. The summed E-state index contributed by atoms with van der Waals surface area (Å²) < 4.78 is 10.3. The molecule has 2 aromatic carbocycles. The number of hydrogen-bond donors (Lipinski definition) is 1. The largest absolute Gasteiger partial charge is 0.443 e. The van der Waals surface area contributed by atoms with Gasteiger partial charge in [-0.3, -0.25) is 4.90 Å². The molecule has 1 amide bonds. The van der Waals surface area contributed by atoms with Gasteiger partial charge in [-0.15, -0.1) is 0 Å². The number of hydrogen-bond acceptors (Lipinski definition) is 4. The topological polar surface area (TPSA) is 59.0 Å². The molecule has 0 aliphatic carbocycles. The molecule has 27 heavy (non-hydrogen) atoms. The summed E-state index contributed by atoms with van der Waals surface area (Å²) >= 11 is 0. The number of aliphatic hydroxyl groups excluding tert-OH is 1. The average molecular weight is 369 g/mol. The van der Waals surface area contributed by atoms with Crippen molar-refractivity contribution in [3.8, 4) is 0 Å². The second kappa shape index (κ2) is 9.35. The molecule has 0 spiro atoms. The Bertz CT molecular complexity index is 758. The molecule has 0 aliphatic heterocycles. The summed E-state index contributed by atoms with van der Waals surface area (Å²) in [5, 5.41) is 8.66. The highest BCUT2D eigenvalue weighted by Crippen LogP contribution is 2.19. The maximum absolute atomic E-state index is 12.1. The van der Waals surface area contributed by atoms with Crippen LogP contribution in [0.3, 0.4) is 0 Å². The highest BCUT2D eigenvalue weighted by Gasteiger charge is 2.20. The van der Waals surface area contributed by atoms with E-state index in [4.69, 9.17) is 14.6 Å². The lowest BCUT2D eigenvalue weighted by atomic mass is 10.1. The highest BCUT2D eigenvalue weighted by atomic mass is 16.6. The van der Waals surface area contributed by atoms with Crippen LogP contribution in [0.5, 0.6) is 0 Å².